The number of hydrogen-bond donors (Lipinski definition) is 1. The van der Waals surface area contributed by atoms with Gasteiger partial charge in [0.1, 0.15) is 11.6 Å². The molecule has 0 aliphatic carbocycles. The number of carbonyl (C=O) groups is 1. The summed E-state index contributed by atoms with van der Waals surface area (Å²) in [4.78, 5) is 27.1. The van der Waals surface area contributed by atoms with E-state index in [0.717, 1.165) is 11.3 Å². The Kier molecular flexibility index (Phi) is 4.90. The highest BCUT2D eigenvalue weighted by Gasteiger charge is 2.09. The molecular formula is C19H14FNO3S. The summed E-state index contributed by atoms with van der Waals surface area (Å²) in [6, 6.07) is 12.7. The van der Waals surface area contributed by atoms with Crippen LogP contribution in [0.2, 0.25) is 0 Å². The van der Waals surface area contributed by atoms with E-state index < -0.39 is 0 Å². The van der Waals surface area contributed by atoms with Gasteiger partial charge in [-0.05, 0) is 35.9 Å². The SMILES string of the molecule is COc1ccccc1C(=O)/C=c1\[nH]c(=O)/c(=C\c2ccc(F)cc2)s1. The Bertz CT molecular complexity index is 1080. The molecule has 0 aliphatic heterocycles. The number of benzene rings is 2. The van der Waals surface area contributed by atoms with E-state index in [1.54, 1.807) is 42.5 Å². The van der Waals surface area contributed by atoms with Crippen LogP contribution in [0, 0.1) is 5.82 Å². The molecule has 3 rings (SSSR count). The van der Waals surface area contributed by atoms with Crippen LogP contribution >= 0.6 is 11.3 Å². The number of aromatic nitrogens is 1. The Hall–Kier alpha value is -2.99. The van der Waals surface area contributed by atoms with Crippen molar-refractivity contribution in [2.24, 2.45) is 0 Å². The molecule has 0 fully saturated rings. The van der Waals surface area contributed by atoms with Crippen LogP contribution in [-0.2, 0) is 0 Å². The number of ketones is 1. The zero-order chi connectivity index (χ0) is 17.8. The van der Waals surface area contributed by atoms with E-state index in [1.807, 2.05) is 0 Å². The lowest BCUT2D eigenvalue weighted by atomic mass is 10.1. The van der Waals surface area contributed by atoms with Gasteiger partial charge in [0.2, 0.25) is 0 Å². The zero-order valence-corrected chi connectivity index (χ0v) is 14.1. The van der Waals surface area contributed by atoms with Crippen LogP contribution in [-0.4, -0.2) is 17.9 Å². The Balaban J connectivity index is 1.99. The second-order valence-corrected chi connectivity index (χ2v) is 6.27. The third-order valence-electron chi connectivity index (χ3n) is 3.48. The first-order chi connectivity index (χ1) is 12.1. The maximum Gasteiger partial charge on any atom is 0.266 e. The Morgan fingerprint density at radius 3 is 2.60 bits per heavy atom. The summed E-state index contributed by atoms with van der Waals surface area (Å²) in [5.74, 6) is -0.127. The zero-order valence-electron chi connectivity index (χ0n) is 13.3. The topological polar surface area (TPSA) is 59.2 Å². The van der Waals surface area contributed by atoms with Crippen LogP contribution < -0.4 is 19.5 Å². The van der Waals surface area contributed by atoms with E-state index in [-0.39, 0.29) is 17.2 Å². The number of Topliss-reactive ketones (excluding diaryl/α,β-unsaturated/α-hetero) is 1. The number of para-hydroxylation sites is 1. The van der Waals surface area contributed by atoms with Crippen molar-refractivity contribution in [1.29, 1.82) is 0 Å². The van der Waals surface area contributed by atoms with E-state index in [0.29, 0.717) is 26.1 Å². The number of carbonyl (C=O) groups excluding carboxylic acids is 1. The van der Waals surface area contributed by atoms with Gasteiger partial charge >= 0.3 is 0 Å². The molecule has 3 aromatic rings. The predicted molar refractivity (Wildman–Crippen MR) is 95.9 cm³/mol. The van der Waals surface area contributed by atoms with Crippen LogP contribution in [0.15, 0.2) is 53.3 Å². The number of hydrogen-bond acceptors (Lipinski definition) is 4. The highest BCUT2D eigenvalue weighted by Crippen LogP contribution is 2.18. The van der Waals surface area contributed by atoms with Crippen LogP contribution in [0.5, 0.6) is 5.75 Å². The fourth-order valence-corrected chi connectivity index (χ4v) is 3.17. The van der Waals surface area contributed by atoms with E-state index in [4.69, 9.17) is 4.74 Å². The number of thiazole rings is 1. The van der Waals surface area contributed by atoms with Crippen molar-refractivity contribution in [3.63, 3.8) is 0 Å². The first kappa shape index (κ1) is 16.9. The third-order valence-corrected chi connectivity index (χ3v) is 4.45. The monoisotopic (exact) mass is 355 g/mol. The predicted octanol–water partition coefficient (Wildman–Crippen LogP) is 2.08. The fourth-order valence-electron chi connectivity index (χ4n) is 2.28. The molecule has 1 heterocycles. The molecule has 0 atom stereocenters. The first-order valence-electron chi connectivity index (χ1n) is 7.42. The highest BCUT2D eigenvalue weighted by atomic mass is 32.1. The quantitative estimate of drug-likeness (QED) is 0.729. The number of H-pyrrole nitrogens is 1. The van der Waals surface area contributed by atoms with E-state index in [2.05, 4.69) is 4.98 Å². The van der Waals surface area contributed by atoms with Crippen LogP contribution in [0.25, 0.3) is 12.2 Å². The number of ether oxygens (including phenoxy) is 1. The summed E-state index contributed by atoms with van der Waals surface area (Å²) >= 11 is 1.16. The van der Waals surface area contributed by atoms with Crippen LogP contribution in [0.1, 0.15) is 15.9 Å². The van der Waals surface area contributed by atoms with Gasteiger partial charge in [-0.3, -0.25) is 9.59 Å². The van der Waals surface area contributed by atoms with Gasteiger partial charge in [-0.15, -0.1) is 11.3 Å². The van der Waals surface area contributed by atoms with Crippen molar-refractivity contribution in [2.45, 2.75) is 0 Å². The van der Waals surface area contributed by atoms with Gasteiger partial charge < -0.3 is 9.72 Å². The largest absolute Gasteiger partial charge is 0.496 e. The highest BCUT2D eigenvalue weighted by molar-refractivity contribution is 7.07. The van der Waals surface area contributed by atoms with Crippen molar-refractivity contribution in [3.05, 3.63) is 85.0 Å². The second kappa shape index (κ2) is 7.27. The first-order valence-corrected chi connectivity index (χ1v) is 8.24. The smallest absolute Gasteiger partial charge is 0.266 e. The van der Waals surface area contributed by atoms with Gasteiger partial charge in [-0.25, -0.2) is 4.39 Å². The van der Waals surface area contributed by atoms with Crippen molar-refractivity contribution in [2.75, 3.05) is 7.11 Å². The molecule has 2 aromatic carbocycles. The lowest BCUT2D eigenvalue weighted by molar-refractivity contribution is 0.105. The van der Waals surface area contributed by atoms with Gasteiger partial charge in [0.05, 0.1) is 21.9 Å². The minimum atomic E-state index is -0.339. The summed E-state index contributed by atoms with van der Waals surface area (Å²) in [6.07, 6.45) is 3.01. The number of rotatable bonds is 4. The van der Waals surface area contributed by atoms with Crippen molar-refractivity contribution < 1.29 is 13.9 Å². The second-order valence-electron chi connectivity index (χ2n) is 5.19. The van der Waals surface area contributed by atoms with Crippen LogP contribution in [0.3, 0.4) is 0 Å². The van der Waals surface area contributed by atoms with Crippen molar-refractivity contribution in [3.8, 4) is 5.75 Å². The minimum Gasteiger partial charge on any atom is -0.496 e. The summed E-state index contributed by atoms with van der Waals surface area (Å²) in [6.45, 7) is 0. The maximum atomic E-state index is 12.9. The molecule has 6 heteroatoms. The number of nitrogens with one attached hydrogen (secondary N) is 1. The average molecular weight is 355 g/mol. The van der Waals surface area contributed by atoms with Gasteiger partial charge in [-0.1, -0.05) is 24.3 Å². The van der Waals surface area contributed by atoms with E-state index >= 15 is 0 Å². The standard InChI is InChI=1S/C19H14FNO3S/c1-24-16-5-3-2-4-14(16)15(22)11-18-21-19(23)17(25-18)10-12-6-8-13(20)9-7-12/h2-11H,1H3,(H,21,23)/b17-10+,18-11+. The lowest BCUT2D eigenvalue weighted by Crippen LogP contribution is -2.20. The Morgan fingerprint density at radius 1 is 1.16 bits per heavy atom. The lowest BCUT2D eigenvalue weighted by Gasteiger charge is -2.03. The van der Waals surface area contributed by atoms with Gasteiger partial charge in [0.15, 0.2) is 5.78 Å². The van der Waals surface area contributed by atoms with Gasteiger partial charge in [-0.2, -0.15) is 0 Å². The Labute approximate surface area is 146 Å². The molecule has 0 unspecified atom stereocenters. The minimum absolute atomic E-state index is 0.261. The van der Waals surface area contributed by atoms with Crippen molar-refractivity contribution >= 4 is 29.3 Å². The summed E-state index contributed by atoms with van der Waals surface area (Å²) in [7, 11) is 1.49. The molecule has 0 radical (unpaired) electrons. The normalized spacial score (nSPS) is 12.4. The summed E-state index contributed by atoms with van der Waals surface area (Å²) in [5.41, 5.74) is 0.827. The summed E-state index contributed by atoms with van der Waals surface area (Å²) in [5, 5.41) is 0. The average Bonchev–Trinajstić information content (AvgIpc) is 2.96. The van der Waals surface area contributed by atoms with E-state index in [9.17, 15) is 14.0 Å². The summed E-state index contributed by atoms with van der Waals surface area (Å²) < 4.78 is 19.0. The molecule has 0 spiro atoms. The molecule has 0 saturated heterocycles. The molecule has 0 bridgehead atoms. The molecular weight excluding hydrogens is 341 g/mol. The number of halogens is 1. The fraction of sp³-hybridized carbons (Fsp3) is 0.0526. The van der Waals surface area contributed by atoms with E-state index in [1.165, 1.54) is 25.3 Å². The molecule has 0 amide bonds. The molecule has 1 N–H and O–H groups in total. The number of aromatic amines is 1. The molecule has 4 nitrogen and oxygen atoms in total. The maximum absolute atomic E-state index is 12.9. The Morgan fingerprint density at radius 2 is 1.88 bits per heavy atom. The third kappa shape index (κ3) is 3.92. The molecule has 0 saturated carbocycles. The molecule has 25 heavy (non-hydrogen) atoms. The molecule has 0 aliphatic rings. The molecule has 1 aromatic heterocycles. The molecule has 126 valence electrons. The van der Waals surface area contributed by atoms with Crippen molar-refractivity contribution in [1.82, 2.24) is 4.98 Å². The van der Waals surface area contributed by atoms with Crippen LogP contribution in [0.4, 0.5) is 4.39 Å². The van der Waals surface area contributed by atoms with Gasteiger partial charge in [0, 0.05) is 6.08 Å². The van der Waals surface area contributed by atoms with Gasteiger partial charge in [0.25, 0.3) is 5.56 Å². The number of methoxy groups -OCH3 is 1.